The highest BCUT2D eigenvalue weighted by molar-refractivity contribution is 6.31. The molecule has 6 heteroatoms. The van der Waals surface area contributed by atoms with Crippen LogP contribution in [0.5, 0.6) is 0 Å². The number of hydrogen-bond acceptors (Lipinski definition) is 4. The molecular formula is C20H24ClN3O2. The second kappa shape index (κ2) is 7.64. The molecule has 5 nitrogen and oxygen atoms in total. The first-order chi connectivity index (χ1) is 12.4. The Morgan fingerprint density at radius 1 is 1.38 bits per heavy atom. The third kappa shape index (κ3) is 3.55. The summed E-state index contributed by atoms with van der Waals surface area (Å²) in [6.07, 6.45) is 7.06. The normalized spacial score (nSPS) is 23.1. The zero-order valence-corrected chi connectivity index (χ0v) is 16.0. The average Bonchev–Trinajstić information content (AvgIpc) is 2.87. The van der Waals surface area contributed by atoms with E-state index in [0.717, 1.165) is 17.0 Å². The first kappa shape index (κ1) is 18.7. The van der Waals surface area contributed by atoms with Crippen molar-refractivity contribution >= 4 is 17.3 Å². The van der Waals surface area contributed by atoms with E-state index in [2.05, 4.69) is 36.2 Å². The molecule has 0 bridgehead atoms. The zero-order valence-electron chi connectivity index (χ0n) is 15.3. The Balaban J connectivity index is 1.96. The van der Waals surface area contributed by atoms with Crippen molar-refractivity contribution in [3.63, 3.8) is 0 Å². The maximum absolute atomic E-state index is 11.4. The van der Waals surface area contributed by atoms with Gasteiger partial charge in [0.15, 0.2) is 0 Å². The zero-order chi connectivity index (χ0) is 18.8. The number of rotatable bonds is 6. The molecule has 0 saturated carbocycles. The van der Waals surface area contributed by atoms with Crippen molar-refractivity contribution in [1.29, 1.82) is 0 Å². The van der Waals surface area contributed by atoms with Gasteiger partial charge in [-0.25, -0.2) is 0 Å². The largest absolute Gasteiger partial charge is 0.363 e. The van der Waals surface area contributed by atoms with Crippen molar-refractivity contribution in [1.82, 2.24) is 10.2 Å². The van der Waals surface area contributed by atoms with Crippen LogP contribution in [0.2, 0.25) is 0 Å². The Hall–Kier alpha value is -2.11. The van der Waals surface area contributed by atoms with Gasteiger partial charge in [0.1, 0.15) is 0 Å². The van der Waals surface area contributed by atoms with Crippen molar-refractivity contribution in [3.8, 4) is 0 Å². The molecule has 3 rings (SSSR count). The smallest absolute Gasteiger partial charge is 0.274 e. The number of benzene rings is 1. The van der Waals surface area contributed by atoms with Gasteiger partial charge in [0.2, 0.25) is 0 Å². The molecule has 0 saturated heterocycles. The van der Waals surface area contributed by atoms with E-state index in [1.807, 2.05) is 25.3 Å². The number of nitro groups is 1. The Kier molecular flexibility index (Phi) is 5.49. The Labute approximate surface area is 159 Å². The summed E-state index contributed by atoms with van der Waals surface area (Å²) in [6.45, 7) is 4.78. The Morgan fingerprint density at radius 2 is 2.12 bits per heavy atom. The third-order valence-corrected chi connectivity index (χ3v) is 5.62. The van der Waals surface area contributed by atoms with E-state index in [1.165, 1.54) is 11.3 Å². The van der Waals surface area contributed by atoms with E-state index in [1.54, 1.807) is 12.1 Å². The molecule has 3 atom stereocenters. The molecule has 0 radical (unpaired) electrons. The SMILES string of the molecule is CNC(C)CC1=C(C)N(Cc2ccccc2[N+](=O)[O-])C2C=CC(Cl)=CC12. The quantitative estimate of drug-likeness (QED) is 0.594. The summed E-state index contributed by atoms with van der Waals surface area (Å²) < 4.78 is 0. The highest BCUT2D eigenvalue weighted by atomic mass is 35.5. The van der Waals surface area contributed by atoms with Crippen LogP contribution < -0.4 is 5.32 Å². The van der Waals surface area contributed by atoms with Crippen LogP contribution in [-0.2, 0) is 6.54 Å². The number of nitro benzene ring substituents is 1. The van der Waals surface area contributed by atoms with E-state index >= 15 is 0 Å². The van der Waals surface area contributed by atoms with Crippen LogP contribution >= 0.6 is 11.6 Å². The number of fused-ring (bicyclic) bond motifs is 1. The molecule has 1 aromatic rings. The molecule has 1 heterocycles. The van der Waals surface area contributed by atoms with Gasteiger partial charge in [-0.2, -0.15) is 0 Å². The number of halogens is 1. The lowest BCUT2D eigenvalue weighted by molar-refractivity contribution is -0.385. The van der Waals surface area contributed by atoms with E-state index in [-0.39, 0.29) is 22.6 Å². The number of hydrogen-bond donors (Lipinski definition) is 1. The van der Waals surface area contributed by atoms with Gasteiger partial charge in [0.05, 0.1) is 17.5 Å². The molecule has 1 aliphatic carbocycles. The highest BCUT2D eigenvalue weighted by Gasteiger charge is 2.38. The van der Waals surface area contributed by atoms with Gasteiger partial charge < -0.3 is 10.2 Å². The van der Waals surface area contributed by atoms with Gasteiger partial charge in [-0.15, -0.1) is 0 Å². The molecule has 0 spiro atoms. The fourth-order valence-corrected chi connectivity index (χ4v) is 4.04. The summed E-state index contributed by atoms with van der Waals surface area (Å²) in [6, 6.07) is 7.47. The van der Waals surface area contributed by atoms with Gasteiger partial charge in [-0.1, -0.05) is 42.0 Å². The average molecular weight is 374 g/mol. The molecule has 138 valence electrons. The van der Waals surface area contributed by atoms with Crippen LogP contribution in [0.3, 0.4) is 0 Å². The monoisotopic (exact) mass is 373 g/mol. The summed E-state index contributed by atoms with van der Waals surface area (Å²) in [5.41, 5.74) is 3.43. The summed E-state index contributed by atoms with van der Waals surface area (Å²) in [5, 5.41) is 15.4. The van der Waals surface area contributed by atoms with Gasteiger partial charge in [-0.05, 0) is 39.0 Å². The summed E-state index contributed by atoms with van der Waals surface area (Å²) in [5.74, 6) is 0.214. The highest BCUT2D eigenvalue weighted by Crippen LogP contribution is 2.42. The molecule has 1 aliphatic heterocycles. The van der Waals surface area contributed by atoms with Gasteiger partial charge >= 0.3 is 0 Å². The number of nitrogens with one attached hydrogen (secondary N) is 1. The second-order valence-electron chi connectivity index (χ2n) is 6.95. The van der Waals surface area contributed by atoms with Crippen LogP contribution in [-0.4, -0.2) is 29.0 Å². The second-order valence-corrected chi connectivity index (χ2v) is 7.38. The van der Waals surface area contributed by atoms with Crippen LogP contribution in [0.15, 0.2) is 58.8 Å². The maximum Gasteiger partial charge on any atom is 0.274 e. The van der Waals surface area contributed by atoms with E-state index in [4.69, 9.17) is 11.6 Å². The van der Waals surface area contributed by atoms with Crippen molar-refractivity contribution in [2.75, 3.05) is 7.05 Å². The van der Waals surface area contributed by atoms with Crippen LogP contribution in [0.25, 0.3) is 0 Å². The number of para-hydroxylation sites is 1. The van der Waals surface area contributed by atoms with Crippen LogP contribution in [0.1, 0.15) is 25.8 Å². The van der Waals surface area contributed by atoms with Crippen LogP contribution in [0.4, 0.5) is 5.69 Å². The van der Waals surface area contributed by atoms with Crippen molar-refractivity contribution in [2.24, 2.45) is 5.92 Å². The third-order valence-electron chi connectivity index (χ3n) is 5.37. The predicted molar refractivity (Wildman–Crippen MR) is 105 cm³/mol. The van der Waals surface area contributed by atoms with Crippen molar-refractivity contribution in [2.45, 2.75) is 38.9 Å². The lowest BCUT2D eigenvalue weighted by Gasteiger charge is -2.30. The molecule has 0 amide bonds. The minimum atomic E-state index is -0.306. The maximum atomic E-state index is 11.4. The van der Waals surface area contributed by atoms with Crippen molar-refractivity contribution < 1.29 is 4.92 Å². The van der Waals surface area contributed by atoms with Gasteiger partial charge in [0.25, 0.3) is 5.69 Å². The van der Waals surface area contributed by atoms with E-state index in [9.17, 15) is 10.1 Å². The first-order valence-electron chi connectivity index (χ1n) is 8.83. The molecular weight excluding hydrogens is 350 g/mol. The fraction of sp³-hybridized carbons (Fsp3) is 0.400. The minimum absolute atomic E-state index is 0.149. The molecule has 2 aliphatic rings. The van der Waals surface area contributed by atoms with Crippen LogP contribution in [0, 0.1) is 16.0 Å². The summed E-state index contributed by atoms with van der Waals surface area (Å²) >= 11 is 6.27. The van der Waals surface area contributed by atoms with Gasteiger partial charge in [0, 0.05) is 34.3 Å². The van der Waals surface area contributed by atoms with Crippen molar-refractivity contribution in [3.05, 3.63) is 74.5 Å². The lowest BCUT2D eigenvalue weighted by Crippen LogP contribution is -2.32. The molecule has 0 fully saturated rings. The Morgan fingerprint density at radius 3 is 2.81 bits per heavy atom. The Bertz CT molecular complexity index is 800. The number of allylic oxidation sites excluding steroid dienone is 3. The van der Waals surface area contributed by atoms with E-state index < -0.39 is 0 Å². The minimum Gasteiger partial charge on any atom is -0.363 e. The number of nitrogens with zero attached hydrogens (tertiary/aromatic N) is 2. The molecule has 1 aromatic carbocycles. The summed E-state index contributed by atoms with van der Waals surface area (Å²) in [4.78, 5) is 13.3. The molecule has 3 unspecified atom stereocenters. The molecule has 1 N–H and O–H groups in total. The topological polar surface area (TPSA) is 58.4 Å². The lowest BCUT2D eigenvalue weighted by atomic mass is 9.87. The standard InChI is InChI=1S/C20H24ClN3O2/c1-13(22-3)10-17-14(2)23(20-9-8-16(21)11-18(17)20)12-15-6-4-5-7-19(15)24(25)26/h4-9,11,13,18,20,22H,10,12H2,1-3H3. The van der Waals surface area contributed by atoms with Gasteiger partial charge in [-0.3, -0.25) is 10.1 Å². The molecule has 26 heavy (non-hydrogen) atoms. The molecule has 0 aromatic heterocycles. The summed E-state index contributed by atoms with van der Waals surface area (Å²) in [7, 11) is 1.96. The first-order valence-corrected chi connectivity index (χ1v) is 9.21. The predicted octanol–water partition coefficient (Wildman–Crippen LogP) is 4.36. The van der Waals surface area contributed by atoms with E-state index in [0.29, 0.717) is 12.6 Å². The fourth-order valence-electron chi connectivity index (χ4n) is 3.84.